The predicted octanol–water partition coefficient (Wildman–Crippen LogP) is 6.43. The molecule has 0 aliphatic carbocycles. The van der Waals surface area contributed by atoms with Gasteiger partial charge in [-0.1, -0.05) is 65.3 Å². The van der Waals surface area contributed by atoms with Gasteiger partial charge in [-0.2, -0.15) is 0 Å². The predicted molar refractivity (Wildman–Crippen MR) is 108 cm³/mol. The molecule has 2 heterocycles. The molecule has 132 valence electrons. The first-order chi connectivity index (χ1) is 12.7. The molecule has 0 aliphatic heterocycles. The molecule has 8 heteroatoms. The third-order valence-electron chi connectivity index (χ3n) is 3.54. The molecule has 0 N–H and O–H groups in total. The van der Waals surface area contributed by atoms with Crippen molar-refractivity contribution in [1.29, 1.82) is 0 Å². The summed E-state index contributed by atoms with van der Waals surface area (Å²) in [5.41, 5.74) is 0. The Morgan fingerprint density at radius 1 is 1.04 bits per heavy atom. The highest BCUT2D eigenvalue weighted by Gasteiger charge is 2.17. The zero-order chi connectivity index (χ0) is 17.9. The van der Waals surface area contributed by atoms with E-state index < -0.39 is 0 Å². The maximum absolute atomic E-state index is 6.45. The first kappa shape index (κ1) is 17.7. The summed E-state index contributed by atoms with van der Waals surface area (Å²) in [5, 5.41) is 10.9. The third-order valence-corrected chi connectivity index (χ3v) is 6.30. The van der Waals surface area contributed by atoms with Gasteiger partial charge in [-0.25, -0.2) is 0 Å². The van der Waals surface area contributed by atoms with Crippen LogP contribution in [0.4, 0.5) is 0 Å². The Balaban J connectivity index is 1.40. The van der Waals surface area contributed by atoms with Crippen molar-refractivity contribution in [2.75, 3.05) is 12.4 Å². The molecule has 0 amide bonds. The highest BCUT2D eigenvalue weighted by molar-refractivity contribution is 7.99. The van der Waals surface area contributed by atoms with Crippen LogP contribution in [-0.4, -0.2) is 22.6 Å². The summed E-state index contributed by atoms with van der Waals surface area (Å²) in [5.74, 6) is 1.76. The molecular formula is C18H12Cl2N2O2S2. The number of hydrogen-bond acceptors (Lipinski definition) is 6. The SMILES string of the molecule is Clc1ccccc1OCCSc1nnc(-c2sc3ccccc3c2Cl)o1. The van der Waals surface area contributed by atoms with Gasteiger partial charge < -0.3 is 9.15 Å². The molecule has 0 bridgehead atoms. The number of thiophene rings is 1. The van der Waals surface area contributed by atoms with Crippen molar-refractivity contribution in [1.82, 2.24) is 10.2 Å². The average Bonchev–Trinajstić information content (AvgIpc) is 3.25. The van der Waals surface area contributed by atoms with Gasteiger partial charge in [-0.05, 0) is 18.2 Å². The third kappa shape index (κ3) is 3.69. The number of thioether (sulfide) groups is 1. The molecule has 0 saturated carbocycles. The second-order valence-corrected chi connectivity index (χ2v) is 8.13. The van der Waals surface area contributed by atoms with E-state index in [1.54, 1.807) is 17.4 Å². The molecule has 0 saturated heterocycles. The van der Waals surface area contributed by atoms with E-state index in [9.17, 15) is 0 Å². The van der Waals surface area contributed by atoms with E-state index in [1.165, 1.54) is 11.8 Å². The van der Waals surface area contributed by atoms with Crippen molar-refractivity contribution >= 4 is 56.4 Å². The van der Waals surface area contributed by atoms with E-state index in [4.69, 9.17) is 32.4 Å². The van der Waals surface area contributed by atoms with E-state index in [-0.39, 0.29) is 0 Å². The first-order valence-electron chi connectivity index (χ1n) is 7.73. The highest BCUT2D eigenvalue weighted by atomic mass is 35.5. The standard InChI is InChI=1S/C18H12Cl2N2O2S2/c19-12-6-2-3-7-13(12)23-9-10-25-18-22-21-17(24-18)16-15(20)11-5-1-4-8-14(11)26-16/h1-8H,9-10H2. The van der Waals surface area contributed by atoms with Crippen LogP contribution in [0.1, 0.15) is 0 Å². The number of rotatable bonds is 6. The van der Waals surface area contributed by atoms with Crippen molar-refractivity contribution in [3.05, 3.63) is 58.6 Å². The number of halogens is 2. The molecule has 26 heavy (non-hydrogen) atoms. The summed E-state index contributed by atoms with van der Waals surface area (Å²) in [4.78, 5) is 0.791. The van der Waals surface area contributed by atoms with Crippen LogP contribution < -0.4 is 4.74 Å². The van der Waals surface area contributed by atoms with Crippen LogP contribution in [0.2, 0.25) is 10.0 Å². The van der Waals surface area contributed by atoms with Crippen LogP contribution in [0.15, 0.2) is 58.2 Å². The Kier molecular flexibility index (Phi) is 5.36. The molecule has 4 rings (SSSR count). The Bertz CT molecular complexity index is 1050. The van der Waals surface area contributed by atoms with Crippen molar-refractivity contribution < 1.29 is 9.15 Å². The second-order valence-electron chi connectivity index (χ2n) is 5.24. The van der Waals surface area contributed by atoms with Crippen molar-refractivity contribution in [2.45, 2.75) is 5.22 Å². The topological polar surface area (TPSA) is 48.2 Å². The lowest BCUT2D eigenvalue weighted by Gasteiger charge is -2.06. The van der Waals surface area contributed by atoms with Gasteiger partial charge >= 0.3 is 0 Å². The number of nitrogens with zero attached hydrogens (tertiary/aromatic N) is 2. The number of ether oxygens (including phenoxy) is 1. The van der Waals surface area contributed by atoms with Gasteiger partial charge in [0, 0.05) is 15.8 Å². The molecule has 0 atom stereocenters. The molecule has 0 aliphatic rings. The summed E-state index contributed by atoms with van der Waals surface area (Å²) >= 11 is 15.5. The minimum Gasteiger partial charge on any atom is -0.491 e. The molecule has 0 radical (unpaired) electrons. The molecule has 0 spiro atoms. The molecule has 4 aromatic rings. The highest BCUT2D eigenvalue weighted by Crippen LogP contribution is 2.41. The quantitative estimate of drug-likeness (QED) is 0.264. The lowest BCUT2D eigenvalue weighted by molar-refractivity contribution is 0.343. The zero-order valence-corrected chi connectivity index (χ0v) is 16.5. The van der Waals surface area contributed by atoms with Gasteiger partial charge in [0.2, 0.25) is 0 Å². The largest absolute Gasteiger partial charge is 0.491 e. The average molecular weight is 423 g/mol. The van der Waals surface area contributed by atoms with Crippen LogP contribution in [0.5, 0.6) is 5.75 Å². The number of benzene rings is 2. The van der Waals surface area contributed by atoms with Crippen LogP contribution in [0.25, 0.3) is 20.9 Å². The van der Waals surface area contributed by atoms with Crippen LogP contribution >= 0.6 is 46.3 Å². The van der Waals surface area contributed by atoms with Gasteiger partial charge in [-0.3, -0.25) is 0 Å². The molecule has 2 aromatic heterocycles. The molecule has 2 aromatic carbocycles. The Hall–Kier alpha value is -1.73. The normalized spacial score (nSPS) is 11.2. The van der Waals surface area contributed by atoms with Crippen LogP contribution in [0.3, 0.4) is 0 Å². The molecule has 4 nitrogen and oxygen atoms in total. The maximum atomic E-state index is 6.45. The van der Waals surface area contributed by atoms with E-state index in [0.717, 1.165) is 15.0 Å². The van der Waals surface area contributed by atoms with Crippen molar-refractivity contribution in [2.24, 2.45) is 0 Å². The van der Waals surface area contributed by atoms with Gasteiger partial charge in [0.25, 0.3) is 11.1 Å². The van der Waals surface area contributed by atoms with Crippen molar-refractivity contribution in [3.8, 4) is 16.5 Å². The van der Waals surface area contributed by atoms with Gasteiger partial charge in [0.15, 0.2) is 0 Å². The number of hydrogen-bond donors (Lipinski definition) is 0. The monoisotopic (exact) mass is 422 g/mol. The molecule has 0 unspecified atom stereocenters. The summed E-state index contributed by atoms with van der Waals surface area (Å²) < 4.78 is 12.5. The lowest BCUT2D eigenvalue weighted by Crippen LogP contribution is -2.00. The number of aromatic nitrogens is 2. The molecule has 0 fully saturated rings. The zero-order valence-electron chi connectivity index (χ0n) is 13.3. The van der Waals surface area contributed by atoms with Crippen molar-refractivity contribution in [3.63, 3.8) is 0 Å². The lowest BCUT2D eigenvalue weighted by atomic mass is 10.2. The Labute approximate surface area is 168 Å². The Morgan fingerprint density at radius 2 is 1.85 bits per heavy atom. The maximum Gasteiger partial charge on any atom is 0.277 e. The number of fused-ring (bicyclic) bond motifs is 1. The van der Waals surface area contributed by atoms with E-state index in [0.29, 0.717) is 39.3 Å². The smallest absolute Gasteiger partial charge is 0.277 e. The summed E-state index contributed by atoms with van der Waals surface area (Å²) in [7, 11) is 0. The second kappa shape index (κ2) is 7.88. The van der Waals surface area contributed by atoms with E-state index in [2.05, 4.69) is 10.2 Å². The first-order valence-corrected chi connectivity index (χ1v) is 10.3. The fourth-order valence-electron chi connectivity index (χ4n) is 2.35. The fraction of sp³-hybridized carbons (Fsp3) is 0.111. The van der Waals surface area contributed by atoms with E-state index >= 15 is 0 Å². The van der Waals surface area contributed by atoms with Crippen LogP contribution in [-0.2, 0) is 0 Å². The summed E-state index contributed by atoms with van der Waals surface area (Å²) in [6.07, 6.45) is 0. The summed E-state index contributed by atoms with van der Waals surface area (Å²) in [6, 6.07) is 15.3. The molecular weight excluding hydrogens is 411 g/mol. The summed E-state index contributed by atoms with van der Waals surface area (Å²) in [6.45, 7) is 0.482. The van der Waals surface area contributed by atoms with E-state index in [1.807, 2.05) is 42.5 Å². The van der Waals surface area contributed by atoms with Gasteiger partial charge in [-0.15, -0.1) is 21.5 Å². The Morgan fingerprint density at radius 3 is 2.69 bits per heavy atom. The minimum absolute atomic E-state index is 0.436. The number of para-hydroxylation sites is 1. The van der Waals surface area contributed by atoms with Gasteiger partial charge in [0.1, 0.15) is 10.6 Å². The minimum atomic E-state index is 0.436. The van der Waals surface area contributed by atoms with Gasteiger partial charge in [0.05, 0.1) is 16.7 Å². The van der Waals surface area contributed by atoms with Crippen LogP contribution in [0, 0.1) is 0 Å². The fourth-order valence-corrected chi connectivity index (χ4v) is 4.56.